The van der Waals surface area contributed by atoms with Gasteiger partial charge in [0.25, 0.3) is 0 Å². The number of nitrogens with two attached hydrogens (primary N) is 1. The second-order valence-electron chi connectivity index (χ2n) is 3.34. The zero-order chi connectivity index (χ0) is 12.9. The first kappa shape index (κ1) is 13.9. The Morgan fingerprint density at radius 2 is 2.18 bits per heavy atom. The third kappa shape index (κ3) is 3.65. The van der Waals surface area contributed by atoms with Gasteiger partial charge in [-0.3, -0.25) is 0 Å². The van der Waals surface area contributed by atoms with E-state index in [1.165, 1.54) is 13.2 Å². The van der Waals surface area contributed by atoms with Gasteiger partial charge >= 0.3 is 0 Å². The lowest BCUT2D eigenvalue weighted by Crippen LogP contribution is -2.26. The fourth-order valence-corrected chi connectivity index (χ4v) is 2.29. The van der Waals surface area contributed by atoms with E-state index in [0.717, 1.165) is 12.1 Å². The van der Waals surface area contributed by atoms with Crippen molar-refractivity contribution in [2.45, 2.75) is 11.3 Å². The highest BCUT2D eigenvalue weighted by Gasteiger charge is 2.15. The van der Waals surface area contributed by atoms with E-state index < -0.39 is 15.8 Å². The van der Waals surface area contributed by atoms with Crippen LogP contribution in [0.2, 0.25) is 0 Å². The van der Waals surface area contributed by atoms with E-state index in [0.29, 0.717) is 13.0 Å². The fourth-order valence-electron chi connectivity index (χ4n) is 1.20. The van der Waals surface area contributed by atoms with Crippen LogP contribution < -0.4 is 15.2 Å². The van der Waals surface area contributed by atoms with Crippen molar-refractivity contribution in [3.63, 3.8) is 0 Å². The maximum Gasteiger partial charge on any atom is 0.240 e. The number of benzene rings is 1. The lowest BCUT2D eigenvalue weighted by molar-refractivity contribution is 0.385. The predicted octanol–water partition coefficient (Wildman–Crippen LogP) is 0.461. The number of halogens is 1. The zero-order valence-corrected chi connectivity index (χ0v) is 10.3. The smallest absolute Gasteiger partial charge is 0.240 e. The molecule has 1 aromatic carbocycles. The van der Waals surface area contributed by atoms with E-state index in [9.17, 15) is 12.8 Å². The van der Waals surface area contributed by atoms with Crippen LogP contribution in [0.1, 0.15) is 6.42 Å². The lowest BCUT2D eigenvalue weighted by atomic mass is 10.3. The molecule has 96 valence electrons. The third-order valence-corrected chi connectivity index (χ3v) is 3.56. The molecule has 0 saturated heterocycles. The van der Waals surface area contributed by atoms with Crippen LogP contribution in [0.25, 0.3) is 0 Å². The van der Waals surface area contributed by atoms with Crippen molar-refractivity contribution in [3.05, 3.63) is 24.0 Å². The van der Waals surface area contributed by atoms with Gasteiger partial charge in [-0.05, 0) is 25.1 Å². The molecule has 7 heteroatoms. The second kappa shape index (κ2) is 5.95. The van der Waals surface area contributed by atoms with E-state index in [1.807, 2.05) is 0 Å². The molecule has 0 aromatic heterocycles. The molecule has 1 rings (SSSR count). The molecule has 0 aliphatic heterocycles. The van der Waals surface area contributed by atoms with Crippen LogP contribution in [0, 0.1) is 5.82 Å². The topological polar surface area (TPSA) is 81.4 Å². The molecule has 0 aliphatic carbocycles. The number of ether oxygens (including phenoxy) is 1. The van der Waals surface area contributed by atoms with Crippen LogP contribution >= 0.6 is 0 Å². The van der Waals surface area contributed by atoms with Crippen molar-refractivity contribution in [1.82, 2.24) is 4.72 Å². The predicted molar refractivity (Wildman–Crippen MR) is 61.8 cm³/mol. The van der Waals surface area contributed by atoms with E-state index >= 15 is 0 Å². The average Bonchev–Trinajstić information content (AvgIpc) is 2.29. The Balaban J connectivity index is 2.91. The molecule has 0 bridgehead atoms. The average molecular weight is 262 g/mol. The first-order valence-electron chi connectivity index (χ1n) is 5.04. The summed E-state index contributed by atoms with van der Waals surface area (Å²) in [6.07, 6.45) is 0.539. The Hall–Kier alpha value is -1.18. The number of rotatable bonds is 6. The van der Waals surface area contributed by atoms with Gasteiger partial charge in [0.2, 0.25) is 10.0 Å². The fraction of sp³-hybridized carbons (Fsp3) is 0.400. The number of methoxy groups -OCH3 is 1. The van der Waals surface area contributed by atoms with Gasteiger partial charge in [-0.1, -0.05) is 0 Å². The highest BCUT2D eigenvalue weighted by Crippen LogP contribution is 2.21. The van der Waals surface area contributed by atoms with E-state index in [1.54, 1.807) is 0 Å². The summed E-state index contributed by atoms with van der Waals surface area (Å²) in [7, 11) is -2.36. The Labute approximate surface area is 99.8 Å². The minimum absolute atomic E-state index is 0.0345. The summed E-state index contributed by atoms with van der Waals surface area (Å²) in [6, 6.07) is 3.37. The molecular formula is C10H15FN2O3S. The number of hydrogen-bond donors (Lipinski definition) is 2. The Kier molecular flexibility index (Phi) is 4.86. The minimum atomic E-state index is -3.63. The van der Waals surface area contributed by atoms with Gasteiger partial charge in [0.05, 0.1) is 12.0 Å². The van der Waals surface area contributed by atoms with Crippen LogP contribution in [0.4, 0.5) is 4.39 Å². The summed E-state index contributed by atoms with van der Waals surface area (Å²) in [5.41, 5.74) is 5.26. The first-order chi connectivity index (χ1) is 8.01. The summed E-state index contributed by atoms with van der Waals surface area (Å²) in [6.45, 7) is 0.647. The number of hydrogen-bond acceptors (Lipinski definition) is 4. The van der Waals surface area contributed by atoms with Crippen LogP contribution in [-0.4, -0.2) is 28.6 Å². The normalized spacial score (nSPS) is 11.5. The first-order valence-corrected chi connectivity index (χ1v) is 6.53. The monoisotopic (exact) mass is 262 g/mol. The molecule has 0 saturated carbocycles. The Morgan fingerprint density at radius 1 is 1.47 bits per heavy atom. The van der Waals surface area contributed by atoms with Crippen molar-refractivity contribution >= 4 is 10.0 Å². The van der Waals surface area contributed by atoms with Crippen molar-refractivity contribution in [2.75, 3.05) is 20.2 Å². The van der Waals surface area contributed by atoms with Crippen molar-refractivity contribution < 1.29 is 17.5 Å². The van der Waals surface area contributed by atoms with Crippen LogP contribution in [-0.2, 0) is 10.0 Å². The molecule has 0 amide bonds. The van der Waals surface area contributed by atoms with E-state index in [2.05, 4.69) is 4.72 Å². The van der Waals surface area contributed by atoms with Gasteiger partial charge < -0.3 is 10.5 Å². The molecule has 0 heterocycles. The molecule has 0 fully saturated rings. The van der Waals surface area contributed by atoms with Gasteiger partial charge in [-0.25, -0.2) is 17.5 Å². The number of nitrogens with one attached hydrogen (secondary N) is 1. The molecule has 0 unspecified atom stereocenters. The Bertz CT molecular complexity index is 476. The molecule has 17 heavy (non-hydrogen) atoms. The van der Waals surface area contributed by atoms with Crippen molar-refractivity contribution in [3.8, 4) is 5.75 Å². The van der Waals surface area contributed by atoms with Crippen molar-refractivity contribution in [2.24, 2.45) is 5.73 Å². The summed E-state index contributed by atoms with van der Waals surface area (Å²) in [4.78, 5) is -0.0345. The third-order valence-electron chi connectivity index (χ3n) is 2.11. The molecule has 0 spiro atoms. The van der Waals surface area contributed by atoms with Crippen LogP contribution in [0.15, 0.2) is 23.1 Å². The highest BCUT2D eigenvalue weighted by molar-refractivity contribution is 7.89. The van der Waals surface area contributed by atoms with Gasteiger partial charge in [0, 0.05) is 12.6 Å². The molecule has 1 aromatic rings. The largest absolute Gasteiger partial charge is 0.494 e. The quantitative estimate of drug-likeness (QED) is 0.730. The summed E-state index contributed by atoms with van der Waals surface area (Å²) in [5, 5.41) is 0. The van der Waals surface area contributed by atoms with E-state index in [4.69, 9.17) is 10.5 Å². The van der Waals surface area contributed by atoms with E-state index in [-0.39, 0.29) is 17.2 Å². The van der Waals surface area contributed by atoms with Gasteiger partial charge in [-0.2, -0.15) is 0 Å². The van der Waals surface area contributed by atoms with Crippen LogP contribution in [0.3, 0.4) is 0 Å². The summed E-state index contributed by atoms with van der Waals surface area (Å²) in [5.74, 6) is -0.708. The highest BCUT2D eigenvalue weighted by atomic mass is 32.2. The molecule has 0 aliphatic rings. The molecule has 0 radical (unpaired) electrons. The second-order valence-corrected chi connectivity index (χ2v) is 5.10. The number of sulfonamides is 1. The van der Waals surface area contributed by atoms with Gasteiger partial charge in [-0.15, -0.1) is 0 Å². The maximum atomic E-state index is 13.1. The van der Waals surface area contributed by atoms with Crippen molar-refractivity contribution in [1.29, 1.82) is 0 Å². The molecule has 3 N–H and O–H groups in total. The molecular weight excluding hydrogens is 247 g/mol. The Morgan fingerprint density at radius 3 is 2.76 bits per heavy atom. The molecule has 5 nitrogen and oxygen atoms in total. The standard InChI is InChI=1S/C10H15FN2O3S/c1-16-10-7-8(3-4-9(10)11)17(14,15)13-6-2-5-12/h3-4,7,13H,2,5-6,12H2,1H3. The molecule has 0 atom stereocenters. The minimum Gasteiger partial charge on any atom is -0.494 e. The SMILES string of the molecule is COc1cc(S(=O)(=O)NCCCN)ccc1F. The van der Waals surface area contributed by atoms with Crippen LogP contribution in [0.5, 0.6) is 5.75 Å². The lowest BCUT2D eigenvalue weighted by Gasteiger charge is -2.08. The zero-order valence-electron chi connectivity index (χ0n) is 9.44. The van der Waals surface area contributed by atoms with Gasteiger partial charge in [0.15, 0.2) is 11.6 Å². The maximum absolute atomic E-state index is 13.1. The summed E-state index contributed by atoms with van der Waals surface area (Å²) >= 11 is 0. The van der Waals surface area contributed by atoms with Gasteiger partial charge in [0.1, 0.15) is 0 Å². The summed E-state index contributed by atoms with van der Waals surface area (Å²) < 4.78 is 43.7.